The molecule has 3 rings (SSSR count). The van der Waals surface area contributed by atoms with Gasteiger partial charge in [-0.25, -0.2) is 0 Å². The highest BCUT2D eigenvalue weighted by Crippen LogP contribution is 2.20. The predicted octanol–water partition coefficient (Wildman–Crippen LogP) is 3.06. The molecule has 0 aliphatic carbocycles. The summed E-state index contributed by atoms with van der Waals surface area (Å²) >= 11 is 0. The number of aromatic nitrogens is 2. The third kappa shape index (κ3) is 4.97. The summed E-state index contributed by atoms with van der Waals surface area (Å²) in [6.07, 6.45) is 0. The molecule has 3 aromatic rings. The van der Waals surface area contributed by atoms with Crippen LogP contribution in [0, 0.1) is 0 Å². The number of carbonyl (C=O) groups excluding carboxylic acids is 1. The second kappa shape index (κ2) is 9.36. The molecule has 0 radical (unpaired) electrons. The Labute approximate surface area is 163 Å². The number of nitrogens with one attached hydrogen (secondary N) is 1. The standard InChI is InChI=1S/C21H22N4O3/c1-25(16-6-4-3-5-7-16)20-13-12-19(23-24-20)21(26)22-14-15-28-18-10-8-17(27-2)9-11-18/h3-13H,14-15H2,1-2H3,(H,22,26). The summed E-state index contributed by atoms with van der Waals surface area (Å²) in [6.45, 7) is 0.707. The molecule has 0 spiro atoms. The maximum Gasteiger partial charge on any atom is 0.271 e. The van der Waals surface area contributed by atoms with Gasteiger partial charge in [0.15, 0.2) is 11.5 Å². The van der Waals surface area contributed by atoms with E-state index in [-0.39, 0.29) is 11.6 Å². The molecule has 7 heteroatoms. The van der Waals surface area contributed by atoms with Crippen LogP contribution < -0.4 is 19.7 Å². The Hall–Kier alpha value is -3.61. The lowest BCUT2D eigenvalue weighted by Gasteiger charge is -2.17. The lowest BCUT2D eigenvalue weighted by Crippen LogP contribution is -2.29. The van der Waals surface area contributed by atoms with E-state index < -0.39 is 0 Å². The molecule has 1 N–H and O–H groups in total. The van der Waals surface area contributed by atoms with Crippen LogP contribution in [-0.2, 0) is 0 Å². The monoisotopic (exact) mass is 378 g/mol. The smallest absolute Gasteiger partial charge is 0.271 e. The summed E-state index contributed by atoms with van der Waals surface area (Å²) in [6, 6.07) is 20.5. The molecule has 0 bridgehead atoms. The summed E-state index contributed by atoms with van der Waals surface area (Å²) in [7, 11) is 3.51. The first-order chi connectivity index (χ1) is 13.7. The number of anilines is 2. The van der Waals surface area contributed by atoms with Crippen molar-refractivity contribution in [2.75, 3.05) is 32.2 Å². The first-order valence-electron chi connectivity index (χ1n) is 8.85. The number of amides is 1. The van der Waals surface area contributed by atoms with Gasteiger partial charge in [-0.2, -0.15) is 0 Å². The van der Waals surface area contributed by atoms with Crippen molar-refractivity contribution >= 4 is 17.4 Å². The molecule has 0 saturated heterocycles. The summed E-state index contributed by atoms with van der Waals surface area (Å²) in [5, 5.41) is 10.9. The summed E-state index contributed by atoms with van der Waals surface area (Å²) in [5.41, 5.74) is 1.25. The van der Waals surface area contributed by atoms with Crippen molar-refractivity contribution in [2.24, 2.45) is 0 Å². The topological polar surface area (TPSA) is 76.6 Å². The molecule has 2 aromatic carbocycles. The Kier molecular flexibility index (Phi) is 6.41. The minimum atomic E-state index is -0.292. The zero-order chi connectivity index (χ0) is 19.8. The van der Waals surface area contributed by atoms with Gasteiger partial charge in [-0.05, 0) is 48.5 Å². The first kappa shape index (κ1) is 19.2. The van der Waals surface area contributed by atoms with Crippen LogP contribution in [0.1, 0.15) is 10.5 Å². The fraction of sp³-hybridized carbons (Fsp3) is 0.190. The van der Waals surface area contributed by atoms with E-state index in [0.717, 1.165) is 11.4 Å². The number of carbonyl (C=O) groups is 1. The molecule has 0 aliphatic rings. The van der Waals surface area contributed by atoms with Crippen molar-refractivity contribution in [2.45, 2.75) is 0 Å². The van der Waals surface area contributed by atoms with Gasteiger partial charge in [0.05, 0.1) is 13.7 Å². The van der Waals surface area contributed by atoms with Gasteiger partial charge in [-0.3, -0.25) is 4.79 Å². The third-order valence-electron chi connectivity index (χ3n) is 4.09. The van der Waals surface area contributed by atoms with Crippen LogP contribution in [0.25, 0.3) is 0 Å². The molecule has 7 nitrogen and oxygen atoms in total. The lowest BCUT2D eigenvalue weighted by molar-refractivity contribution is 0.0941. The fourth-order valence-corrected chi connectivity index (χ4v) is 2.51. The number of methoxy groups -OCH3 is 1. The number of nitrogens with zero attached hydrogens (tertiary/aromatic N) is 3. The number of para-hydroxylation sites is 1. The zero-order valence-corrected chi connectivity index (χ0v) is 15.8. The Bertz CT molecular complexity index is 884. The van der Waals surface area contributed by atoms with Gasteiger partial charge in [0, 0.05) is 12.7 Å². The predicted molar refractivity (Wildman–Crippen MR) is 107 cm³/mol. The van der Waals surface area contributed by atoms with Crippen LogP contribution in [0.2, 0.25) is 0 Å². The summed E-state index contributed by atoms with van der Waals surface area (Å²) < 4.78 is 10.7. The van der Waals surface area contributed by atoms with Gasteiger partial charge < -0.3 is 19.7 Å². The van der Waals surface area contributed by atoms with Crippen LogP contribution in [0.15, 0.2) is 66.7 Å². The molecule has 0 saturated carbocycles. The lowest BCUT2D eigenvalue weighted by atomic mass is 10.3. The number of rotatable bonds is 8. The minimum Gasteiger partial charge on any atom is -0.497 e. The van der Waals surface area contributed by atoms with Gasteiger partial charge in [0.1, 0.15) is 18.1 Å². The quantitative estimate of drug-likeness (QED) is 0.607. The molecule has 1 heterocycles. The number of hydrogen-bond acceptors (Lipinski definition) is 6. The van der Waals surface area contributed by atoms with E-state index in [1.165, 1.54) is 0 Å². The molecule has 0 atom stereocenters. The molecule has 0 fully saturated rings. The highest BCUT2D eigenvalue weighted by atomic mass is 16.5. The van der Waals surface area contributed by atoms with Crippen LogP contribution in [0.5, 0.6) is 11.5 Å². The zero-order valence-electron chi connectivity index (χ0n) is 15.8. The van der Waals surface area contributed by atoms with Gasteiger partial charge >= 0.3 is 0 Å². The van der Waals surface area contributed by atoms with Crippen LogP contribution >= 0.6 is 0 Å². The Balaban J connectivity index is 1.47. The molecule has 1 aromatic heterocycles. The number of benzene rings is 2. The molecule has 0 aliphatic heterocycles. The van der Waals surface area contributed by atoms with Crippen molar-refractivity contribution in [3.05, 3.63) is 72.4 Å². The maximum atomic E-state index is 12.2. The molecule has 144 valence electrons. The van der Waals surface area contributed by atoms with Crippen molar-refractivity contribution < 1.29 is 14.3 Å². The Morgan fingerprint density at radius 3 is 2.32 bits per heavy atom. The van der Waals surface area contributed by atoms with Gasteiger partial charge in [-0.1, -0.05) is 18.2 Å². The Morgan fingerprint density at radius 2 is 1.68 bits per heavy atom. The number of ether oxygens (including phenoxy) is 2. The van der Waals surface area contributed by atoms with Crippen molar-refractivity contribution in [3.63, 3.8) is 0 Å². The van der Waals surface area contributed by atoms with Crippen molar-refractivity contribution in [3.8, 4) is 11.5 Å². The molecule has 1 amide bonds. The van der Waals surface area contributed by atoms with E-state index in [9.17, 15) is 4.79 Å². The minimum absolute atomic E-state index is 0.259. The van der Waals surface area contributed by atoms with E-state index in [2.05, 4.69) is 15.5 Å². The number of hydrogen-bond donors (Lipinski definition) is 1. The normalized spacial score (nSPS) is 10.2. The molecule has 28 heavy (non-hydrogen) atoms. The van der Waals surface area contributed by atoms with Crippen LogP contribution in [0.3, 0.4) is 0 Å². The highest BCUT2D eigenvalue weighted by Gasteiger charge is 2.10. The maximum absolute atomic E-state index is 12.2. The summed E-state index contributed by atoms with van der Waals surface area (Å²) in [5.74, 6) is 1.84. The van der Waals surface area contributed by atoms with E-state index in [1.54, 1.807) is 19.2 Å². The van der Waals surface area contributed by atoms with E-state index in [1.807, 2.05) is 66.5 Å². The largest absolute Gasteiger partial charge is 0.497 e. The van der Waals surface area contributed by atoms with Crippen LogP contribution in [0.4, 0.5) is 11.5 Å². The molecular weight excluding hydrogens is 356 g/mol. The van der Waals surface area contributed by atoms with Gasteiger partial charge in [0.25, 0.3) is 5.91 Å². The van der Waals surface area contributed by atoms with E-state index in [4.69, 9.17) is 9.47 Å². The van der Waals surface area contributed by atoms with Crippen molar-refractivity contribution in [1.29, 1.82) is 0 Å². The van der Waals surface area contributed by atoms with Crippen molar-refractivity contribution in [1.82, 2.24) is 15.5 Å². The molecule has 0 unspecified atom stereocenters. The van der Waals surface area contributed by atoms with E-state index in [0.29, 0.717) is 24.7 Å². The third-order valence-corrected chi connectivity index (χ3v) is 4.09. The first-order valence-corrected chi connectivity index (χ1v) is 8.85. The van der Waals surface area contributed by atoms with Crippen LogP contribution in [-0.4, -0.2) is 43.4 Å². The SMILES string of the molecule is COc1ccc(OCCNC(=O)c2ccc(N(C)c3ccccc3)nn2)cc1. The Morgan fingerprint density at radius 1 is 0.964 bits per heavy atom. The fourth-order valence-electron chi connectivity index (χ4n) is 2.51. The summed E-state index contributed by atoms with van der Waals surface area (Å²) in [4.78, 5) is 14.1. The average molecular weight is 378 g/mol. The second-order valence-corrected chi connectivity index (χ2v) is 5.95. The average Bonchev–Trinajstić information content (AvgIpc) is 2.77. The highest BCUT2D eigenvalue weighted by molar-refractivity contribution is 5.92. The van der Waals surface area contributed by atoms with Gasteiger partial charge in [0.2, 0.25) is 0 Å². The second-order valence-electron chi connectivity index (χ2n) is 5.95. The molecular formula is C21H22N4O3. The van der Waals surface area contributed by atoms with Gasteiger partial charge in [-0.15, -0.1) is 10.2 Å². The van der Waals surface area contributed by atoms with E-state index >= 15 is 0 Å².